The second kappa shape index (κ2) is 5.46. The predicted molar refractivity (Wildman–Crippen MR) is 81.7 cm³/mol. The second-order valence-corrected chi connectivity index (χ2v) is 5.32. The molecule has 0 fully saturated rings. The van der Waals surface area contributed by atoms with Crippen LogP contribution in [0.5, 0.6) is 0 Å². The molecule has 1 N–H and O–H groups in total. The minimum absolute atomic E-state index is 0.0477. The lowest BCUT2D eigenvalue weighted by Gasteiger charge is -2.07. The van der Waals surface area contributed by atoms with Gasteiger partial charge in [0.05, 0.1) is 6.42 Å². The highest BCUT2D eigenvalue weighted by atomic mass is 79.9. The van der Waals surface area contributed by atoms with Gasteiger partial charge in [0.25, 0.3) is 0 Å². The van der Waals surface area contributed by atoms with E-state index in [0.29, 0.717) is 6.42 Å². The lowest BCUT2D eigenvalue weighted by atomic mass is 10.2. The highest BCUT2D eigenvalue weighted by molar-refractivity contribution is 9.10. The summed E-state index contributed by atoms with van der Waals surface area (Å²) in [6.07, 6.45) is 3.90. The Bertz CT molecular complexity index is 749. The lowest BCUT2D eigenvalue weighted by molar-refractivity contribution is -0.115. The van der Waals surface area contributed by atoms with Gasteiger partial charge in [-0.3, -0.25) is 4.79 Å². The van der Waals surface area contributed by atoms with Gasteiger partial charge in [0, 0.05) is 28.2 Å². The standard InChI is InChI=1S/C15H12BrN3O/c16-11-4-6-12(7-5-11)18-15(20)10-13-2-1-3-14-17-8-9-19(13)14/h1-9H,10H2,(H,18,20). The number of amides is 1. The van der Waals surface area contributed by atoms with E-state index in [1.807, 2.05) is 53.1 Å². The summed E-state index contributed by atoms with van der Waals surface area (Å²) in [6.45, 7) is 0. The number of fused-ring (bicyclic) bond motifs is 1. The number of halogens is 1. The number of nitrogens with zero attached hydrogens (tertiary/aromatic N) is 2. The molecule has 20 heavy (non-hydrogen) atoms. The molecule has 0 atom stereocenters. The van der Waals surface area contributed by atoms with E-state index in [4.69, 9.17) is 0 Å². The summed E-state index contributed by atoms with van der Waals surface area (Å²) in [6, 6.07) is 13.3. The van der Waals surface area contributed by atoms with Crippen molar-refractivity contribution in [3.05, 3.63) is 65.0 Å². The molecule has 5 heteroatoms. The number of carbonyl (C=O) groups is 1. The fourth-order valence-corrected chi connectivity index (χ4v) is 2.32. The summed E-state index contributed by atoms with van der Waals surface area (Å²) in [5, 5.41) is 2.88. The Morgan fingerprint density at radius 1 is 1.20 bits per heavy atom. The van der Waals surface area contributed by atoms with E-state index in [9.17, 15) is 4.79 Å². The predicted octanol–water partition coefficient (Wildman–Crippen LogP) is 3.28. The average Bonchev–Trinajstić information content (AvgIpc) is 2.91. The topological polar surface area (TPSA) is 46.4 Å². The van der Waals surface area contributed by atoms with Crippen LogP contribution in [0.3, 0.4) is 0 Å². The molecule has 1 aromatic carbocycles. The summed E-state index contributed by atoms with van der Waals surface area (Å²) < 4.78 is 2.90. The van der Waals surface area contributed by atoms with Gasteiger partial charge in [0.15, 0.2) is 0 Å². The maximum absolute atomic E-state index is 12.1. The first-order chi connectivity index (χ1) is 9.72. The molecule has 2 aromatic heterocycles. The zero-order chi connectivity index (χ0) is 13.9. The molecule has 2 heterocycles. The molecule has 0 aliphatic carbocycles. The largest absolute Gasteiger partial charge is 0.326 e. The van der Waals surface area contributed by atoms with Gasteiger partial charge >= 0.3 is 0 Å². The van der Waals surface area contributed by atoms with Gasteiger partial charge in [0.1, 0.15) is 5.65 Å². The van der Waals surface area contributed by atoms with E-state index in [-0.39, 0.29) is 5.91 Å². The third kappa shape index (κ3) is 2.72. The third-order valence-corrected chi connectivity index (χ3v) is 3.51. The van der Waals surface area contributed by atoms with E-state index in [1.54, 1.807) is 6.20 Å². The van der Waals surface area contributed by atoms with Crippen LogP contribution < -0.4 is 5.32 Å². The van der Waals surface area contributed by atoms with Crippen molar-refractivity contribution in [1.82, 2.24) is 9.38 Å². The quantitative estimate of drug-likeness (QED) is 0.801. The van der Waals surface area contributed by atoms with Crippen molar-refractivity contribution in [2.75, 3.05) is 5.32 Å². The highest BCUT2D eigenvalue weighted by Crippen LogP contribution is 2.14. The van der Waals surface area contributed by atoms with Gasteiger partial charge in [-0.2, -0.15) is 0 Å². The summed E-state index contributed by atoms with van der Waals surface area (Å²) in [5.41, 5.74) is 2.55. The Kier molecular flexibility index (Phi) is 3.52. The van der Waals surface area contributed by atoms with Crippen LogP contribution >= 0.6 is 15.9 Å². The van der Waals surface area contributed by atoms with Crippen molar-refractivity contribution < 1.29 is 4.79 Å². The highest BCUT2D eigenvalue weighted by Gasteiger charge is 2.07. The van der Waals surface area contributed by atoms with E-state index < -0.39 is 0 Å². The van der Waals surface area contributed by atoms with E-state index >= 15 is 0 Å². The molecule has 0 unspecified atom stereocenters. The monoisotopic (exact) mass is 329 g/mol. The summed E-state index contributed by atoms with van der Waals surface area (Å²) in [5.74, 6) is -0.0477. The molecule has 0 spiro atoms. The van der Waals surface area contributed by atoms with Gasteiger partial charge in [-0.15, -0.1) is 0 Å². The summed E-state index contributed by atoms with van der Waals surface area (Å²) in [7, 11) is 0. The smallest absolute Gasteiger partial charge is 0.230 e. The molecule has 100 valence electrons. The zero-order valence-electron chi connectivity index (χ0n) is 10.6. The fourth-order valence-electron chi connectivity index (χ4n) is 2.05. The van der Waals surface area contributed by atoms with E-state index in [1.165, 1.54) is 0 Å². The summed E-state index contributed by atoms with van der Waals surface area (Å²) in [4.78, 5) is 16.3. The number of hydrogen-bond donors (Lipinski definition) is 1. The minimum atomic E-state index is -0.0477. The van der Waals surface area contributed by atoms with Crippen molar-refractivity contribution in [2.24, 2.45) is 0 Å². The third-order valence-electron chi connectivity index (χ3n) is 2.98. The fraction of sp³-hybridized carbons (Fsp3) is 0.0667. The molecule has 0 radical (unpaired) electrons. The van der Waals surface area contributed by atoms with Gasteiger partial charge < -0.3 is 9.72 Å². The number of anilines is 1. The number of hydrogen-bond acceptors (Lipinski definition) is 2. The first kappa shape index (κ1) is 12.9. The van der Waals surface area contributed by atoms with Crippen LogP contribution in [0.4, 0.5) is 5.69 Å². The second-order valence-electron chi connectivity index (χ2n) is 4.40. The Balaban J connectivity index is 1.76. The van der Waals surface area contributed by atoms with Crippen molar-refractivity contribution in [1.29, 1.82) is 0 Å². The molecule has 3 aromatic rings. The maximum Gasteiger partial charge on any atom is 0.230 e. The first-order valence-electron chi connectivity index (χ1n) is 6.19. The Labute approximate surface area is 124 Å². The van der Waals surface area contributed by atoms with Crippen LogP contribution in [-0.2, 0) is 11.2 Å². The Morgan fingerprint density at radius 3 is 2.80 bits per heavy atom. The molecule has 0 saturated carbocycles. The van der Waals surface area contributed by atoms with Crippen molar-refractivity contribution in [3.8, 4) is 0 Å². The average molecular weight is 330 g/mol. The number of benzene rings is 1. The molecule has 0 aliphatic heterocycles. The molecule has 0 bridgehead atoms. The number of rotatable bonds is 3. The van der Waals surface area contributed by atoms with Crippen molar-refractivity contribution >= 4 is 33.2 Å². The minimum Gasteiger partial charge on any atom is -0.326 e. The number of aromatic nitrogens is 2. The number of pyridine rings is 1. The van der Waals surface area contributed by atoms with Crippen molar-refractivity contribution in [2.45, 2.75) is 6.42 Å². The Morgan fingerprint density at radius 2 is 2.00 bits per heavy atom. The molecule has 3 rings (SSSR count). The molecule has 0 aliphatic rings. The lowest BCUT2D eigenvalue weighted by Crippen LogP contribution is -2.16. The number of nitrogens with one attached hydrogen (secondary N) is 1. The number of imidazole rings is 1. The van der Waals surface area contributed by atoms with Crippen molar-refractivity contribution in [3.63, 3.8) is 0 Å². The molecule has 0 saturated heterocycles. The van der Waals surface area contributed by atoms with E-state index in [2.05, 4.69) is 26.2 Å². The van der Waals surface area contributed by atoms with Gasteiger partial charge in [0.2, 0.25) is 5.91 Å². The SMILES string of the molecule is O=C(Cc1cccc2nccn12)Nc1ccc(Br)cc1. The Hall–Kier alpha value is -2.14. The molecular weight excluding hydrogens is 318 g/mol. The van der Waals surface area contributed by atoms with Crippen LogP contribution in [0.1, 0.15) is 5.69 Å². The van der Waals surface area contributed by atoms with E-state index in [0.717, 1.165) is 21.5 Å². The zero-order valence-corrected chi connectivity index (χ0v) is 12.2. The number of carbonyl (C=O) groups excluding carboxylic acids is 1. The van der Waals surface area contributed by atoms with Crippen LogP contribution in [-0.4, -0.2) is 15.3 Å². The first-order valence-corrected chi connectivity index (χ1v) is 6.98. The molecular formula is C15H12BrN3O. The normalized spacial score (nSPS) is 10.7. The van der Waals surface area contributed by atoms with Crippen LogP contribution in [0.15, 0.2) is 59.3 Å². The van der Waals surface area contributed by atoms with Gasteiger partial charge in [-0.1, -0.05) is 22.0 Å². The van der Waals surface area contributed by atoms with Crippen LogP contribution in [0.25, 0.3) is 5.65 Å². The van der Waals surface area contributed by atoms with Gasteiger partial charge in [-0.25, -0.2) is 4.98 Å². The molecule has 4 nitrogen and oxygen atoms in total. The van der Waals surface area contributed by atoms with Crippen LogP contribution in [0.2, 0.25) is 0 Å². The molecule has 1 amide bonds. The van der Waals surface area contributed by atoms with Gasteiger partial charge in [-0.05, 0) is 36.4 Å². The summed E-state index contributed by atoms with van der Waals surface area (Å²) >= 11 is 3.37. The van der Waals surface area contributed by atoms with Crippen LogP contribution in [0, 0.1) is 0 Å². The maximum atomic E-state index is 12.1.